The fourth-order valence-corrected chi connectivity index (χ4v) is 6.81. The molecule has 4 aliphatic carbocycles. The molecule has 3 N–H and O–H groups in total. The lowest BCUT2D eigenvalue weighted by molar-refractivity contribution is -0.0189. The third-order valence-corrected chi connectivity index (χ3v) is 8.21. The molecule has 1 unspecified atom stereocenters. The average molecular weight is 483 g/mol. The van der Waals surface area contributed by atoms with E-state index >= 15 is 0 Å². The summed E-state index contributed by atoms with van der Waals surface area (Å²) in [6.07, 6.45) is 6.96. The molecule has 2 aromatic carbocycles. The van der Waals surface area contributed by atoms with Crippen molar-refractivity contribution in [1.29, 1.82) is 0 Å². The molecule has 0 spiro atoms. The van der Waals surface area contributed by atoms with Gasteiger partial charge in [-0.05, 0) is 86.0 Å². The molecule has 34 heavy (non-hydrogen) atoms. The van der Waals surface area contributed by atoms with Crippen LogP contribution in [0, 0.1) is 23.7 Å². The summed E-state index contributed by atoms with van der Waals surface area (Å²) in [5.41, 5.74) is 1.56. The maximum absolute atomic E-state index is 12.8. The zero-order valence-electron chi connectivity index (χ0n) is 19.6. The first kappa shape index (κ1) is 23.7. The van der Waals surface area contributed by atoms with Crippen molar-refractivity contribution in [1.82, 2.24) is 10.6 Å². The normalized spacial score (nSPS) is 28.0. The van der Waals surface area contributed by atoms with Gasteiger partial charge in [-0.1, -0.05) is 41.9 Å². The number of benzene rings is 2. The van der Waals surface area contributed by atoms with Gasteiger partial charge in [0.05, 0.1) is 5.56 Å². The summed E-state index contributed by atoms with van der Waals surface area (Å²) in [4.78, 5) is 12.8. The number of rotatable bonds is 10. The average Bonchev–Trinajstić information content (AvgIpc) is 2.83. The van der Waals surface area contributed by atoms with Crippen molar-refractivity contribution >= 4 is 17.5 Å². The smallest absolute Gasteiger partial charge is 0.255 e. The van der Waals surface area contributed by atoms with Crippen LogP contribution in [0.3, 0.4) is 0 Å². The van der Waals surface area contributed by atoms with Crippen LogP contribution in [0.1, 0.15) is 48.0 Å². The lowest BCUT2D eigenvalue weighted by Gasteiger charge is -2.54. The van der Waals surface area contributed by atoms with Crippen molar-refractivity contribution in [3.05, 3.63) is 64.7 Å². The maximum atomic E-state index is 12.8. The Hall–Kier alpha value is -2.08. The summed E-state index contributed by atoms with van der Waals surface area (Å²) in [5, 5.41) is 17.7. The number of aliphatic hydroxyl groups excluding tert-OH is 1. The minimum Gasteiger partial charge on any atom is -0.490 e. The summed E-state index contributed by atoms with van der Waals surface area (Å²) in [6.45, 7) is 1.16. The topological polar surface area (TPSA) is 70.6 Å². The molecule has 0 radical (unpaired) electrons. The van der Waals surface area contributed by atoms with Crippen LogP contribution >= 0.6 is 11.6 Å². The third kappa shape index (κ3) is 5.59. The van der Waals surface area contributed by atoms with Gasteiger partial charge in [-0.2, -0.15) is 0 Å². The first-order valence-electron chi connectivity index (χ1n) is 12.7. The van der Waals surface area contributed by atoms with Crippen molar-refractivity contribution in [3.8, 4) is 5.75 Å². The van der Waals surface area contributed by atoms with E-state index in [1.54, 1.807) is 18.2 Å². The number of aliphatic hydroxyl groups is 1. The Morgan fingerprint density at radius 2 is 1.74 bits per heavy atom. The largest absolute Gasteiger partial charge is 0.490 e. The van der Waals surface area contributed by atoms with E-state index in [0.717, 1.165) is 30.1 Å². The van der Waals surface area contributed by atoms with E-state index in [0.29, 0.717) is 35.5 Å². The predicted molar refractivity (Wildman–Crippen MR) is 134 cm³/mol. The van der Waals surface area contributed by atoms with E-state index in [9.17, 15) is 9.90 Å². The molecule has 182 valence electrons. The van der Waals surface area contributed by atoms with Crippen molar-refractivity contribution in [2.45, 2.75) is 50.7 Å². The fourth-order valence-electron chi connectivity index (χ4n) is 6.64. The third-order valence-electron chi connectivity index (χ3n) is 7.98. The number of amides is 1. The highest BCUT2D eigenvalue weighted by Gasteiger charge is 2.47. The molecule has 2 aromatic rings. The molecule has 1 atom stereocenters. The van der Waals surface area contributed by atoms with Crippen LogP contribution in [0.2, 0.25) is 5.02 Å². The summed E-state index contributed by atoms with van der Waals surface area (Å²) in [5.74, 6) is 3.63. The van der Waals surface area contributed by atoms with Crippen molar-refractivity contribution in [3.63, 3.8) is 0 Å². The first-order valence-corrected chi connectivity index (χ1v) is 13.1. The molecule has 4 saturated carbocycles. The molecule has 6 heteroatoms. The van der Waals surface area contributed by atoms with Crippen LogP contribution in [0.5, 0.6) is 5.75 Å². The van der Waals surface area contributed by atoms with Gasteiger partial charge in [-0.15, -0.1) is 0 Å². The highest BCUT2D eigenvalue weighted by atomic mass is 35.5. The molecule has 1 amide bonds. The van der Waals surface area contributed by atoms with E-state index in [2.05, 4.69) is 10.6 Å². The van der Waals surface area contributed by atoms with Gasteiger partial charge in [-0.3, -0.25) is 4.79 Å². The minimum absolute atomic E-state index is 0.131. The second kappa shape index (κ2) is 10.7. The first-order chi connectivity index (χ1) is 16.5. The van der Waals surface area contributed by atoms with Crippen LogP contribution in [0.25, 0.3) is 0 Å². The van der Waals surface area contributed by atoms with Gasteiger partial charge >= 0.3 is 0 Å². The molecule has 0 saturated heterocycles. The predicted octanol–water partition coefficient (Wildman–Crippen LogP) is 4.47. The molecule has 0 aliphatic heterocycles. The highest BCUT2D eigenvalue weighted by molar-refractivity contribution is 6.31. The van der Waals surface area contributed by atoms with E-state index in [-0.39, 0.29) is 12.5 Å². The Bertz CT molecular complexity index is 955. The molecular formula is C28H35ClN2O3. The molecule has 6 rings (SSSR count). The van der Waals surface area contributed by atoms with Crippen molar-refractivity contribution in [2.75, 3.05) is 19.7 Å². The lowest BCUT2D eigenvalue weighted by atomic mass is 9.54. The van der Waals surface area contributed by atoms with Gasteiger partial charge in [-0.25, -0.2) is 0 Å². The van der Waals surface area contributed by atoms with Gasteiger partial charge in [0, 0.05) is 24.2 Å². The van der Waals surface area contributed by atoms with Crippen LogP contribution in [-0.4, -0.2) is 42.9 Å². The monoisotopic (exact) mass is 482 g/mol. The SMILES string of the molecule is O=C(NCCc1ccccc1)c1cc(Cl)ccc1OCC(O)CNC1C2CC3CC(C2)CC1C3. The molecular weight excluding hydrogens is 448 g/mol. The summed E-state index contributed by atoms with van der Waals surface area (Å²) < 4.78 is 5.89. The number of hydrogen-bond acceptors (Lipinski definition) is 4. The Morgan fingerprint density at radius 3 is 2.44 bits per heavy atom. The van der Waals surface area contributed by atoms with Gasteiger partial charge in [0.2, 0.25) is 0 Å². The zero-order chi connectivity index (χ0) is 23.5. The summed E-state index contributed by atoms with van der Waals surface area (Å²) >= 11 is 6.15. The number of ether oxygens (including phenoxy) is 1. The van der Waals surface area contributed by atoms with Gasteiger partial charge in [0.1, 0.15) is 18.5 Å². The highest BCUT2D eigenvalue weighted by Crippen LogP contribution is 2.53. The fraction of sp³-hybridized carbons (Fsp3) is 0.536. The Balaban J connectivity index is 1.11. The molecule has 4 bridgehead atoms. The van der Waals surface area contributed by atoms with E-state index in [1.807, 2.05) is 30.3 Å². The number of nitrogens with one attached hydrogen (secondary N) is 2. The second-order valence-corrected chi connectivity index (χ2v) is 10.9. The molecule has 4 aliphatic rings. The number of carbonyl (C=O) groups excluding carboxylic acids is 1. The summed E-state index contributed by atoms with van der Waals surface area (Å²) in [6, 6.07) is 15.6. The van der Waals surface area contributed by atoms with Crippen molar-refractivity contribution in [2.24, 2.45) is 23.7 Å². The van der Waals surface area contributed by atoms with E-state index in [1.165, 1.54) is 37.7 Å². The summed E-state index contributed by atoms with van der Waals surface area (Å²) in [7, 11) is 0. The van der Waals surface area contributed by atoms with Crippen LogP contribution < -0.4 is 15.4 Å². The van der Waals surface area contributed by atoms with Crippen molar-refractivity contribution < 1.29 is 14.6 Å². The number of hydrogen-bond donors (Lipinski definition) is 3. The lowest BCUT2D eigenvalue weighted by Crippen LogP contribution is -2.55. The van der Waals surface area contributed by atoms with E-state index in [4.69, 9.17) is 16.3 Å². The van der Waals surface area contributed by atoms with Gasteiger partial charge < -0.3 is 20.5 Å². The number of carbonyl (C=O) groups is 1. The molecule has 5 nitrogen and oxygen atoms in total. The van der Waals surface area contributed by atoms with Gasteiger partial charge in [0.15, 0.2) is 0 Å². The maximum Gasteiger partial charge on any atom is 0.255 e. The van der Waals surface area contributed by atoms with Crippen LogP contribution in [0.4, 0.5) is 0 Å². The Labute approximate surface area is 207 Å². The standard InChI is InChI=1S/C28H35ClN2O3/c29-23-6-7-26(25(15-23)28(33)30-9-8-18-4-2-1-3-5-18)34-17-24(32)16-31-27-21-11-19-10-20(13-21)14-22(27)12-19/h1-7,15,19-22,24,27,31-32H,8-14,16-17H2,(H,30,33). The number of halogens is 1. The quantitative estimate of drug-likeness (QED) is 0.467. The molecule has 4 fully saturated rings. The molecule has 0 aromatic heterocycles. The van der Waals surface area contributed by atoms with Crippen LogP contribution in [0.15, 0.2) is 48.5 Å². The van der Waals surface area contributed by atoms with Gasteiger partial charge in [0.25, 0.3) is 5.91 Å². The molecule has 0 heterocycles. The zero-order valence-corrected chi connectivity index (χ0v) is 20.3. The van der Waals surface area contributed by atoms with E-state index < -0.39 is 6.10 Å². The second-order valence-electron chi connectivity index (χ2n) is 10.5. The minimum atomic E-state index is -0.637. The Morgan fingerprint density at radius 1 is 1.03 bits per heavy atom. The van der Waals surface area contributed by atoms with Crippen LogP contribution in [-0.2, 0) is 6.42 Å². The Kier molecular flexibility index (Phi) is 7.43.